The lowest BCUT2D eigenvalue weighted by molar-refractivity contribution is 0.143. The topological polar surface area (TPSA) is 95.9 Å². The number of nitrogens with zero attached hydrogens (tertiary/aromatic N) is 4. The summed E-state index contributed by atoms with van der Waals surface area (Å²) < 4.78 is 2.03. The molecule has 0 unspecified atom stereocenters. The molecule has 0 bridgehead atoms. The number of nitrogens with one attached hydrogen (secondary N) is 2. The Hall–Kier alpha value is -2.64. The van der Waals surface area contributed by atoms with Gasteiger partial charge in [0.1, 0.15) is 0 Å². The predicted molar refractivity (Wildman–Crippen MR) is 88.3 cm³/mol. The lowest BCUT2D eigenvalue weighted by Crippen LogP contribution is -2.48. The Kier molecular flexibility index (Phi) is 5.25. The molecule has 2 N–H and O–H groups in total. The van der Waals surface area contributed by atoms with E-state index in [2.05, 4.69) is 20.3 Å². The first-order valence-corrected chi connectivity index (χ1v) is 8.26. The number of aromatic amines is 1. The van der Waals surface area contributed by atoms with Crippen molar-refractivity contribution in [1.82, 2.24) is 29.7 Å². The molecule has 3 rings (SSSR count). The molecule has 1 aliphatic rings. The third kappa shape index (κ3) is 4.21. The van der Waals surface area contributed by atoms with Crippen LogP contribution in [0.15, 0.2) is 35.9 Å². The molecule has 24 heavy (non-hydrogen) atoms. The van der Waals surface area contributed by atoms with E-state index in [1.807, 2.05) is 15.7 Å². The molecule has 0 saturated carbocycles. The van der Waals surface area contributed by atoms with Gasteiger partial charge in [-0.05, 0) is 25.7 Å². The maximum absolute atomic E-state index is 12.5. The summed E-state index contributed by atoms with van der Waals surface area (Å²) in [5, 5.41) is 2.87. The van der Waals surface area contributed by atoms with Gasteiger partial charge < -0.3 is 19.8 Å². The molecule has 0 radical (unpaired) electrons. The lowest BCUT2D eigenvalue weighted by Gasteiger charge is -2.35. The van der Waals surface area contributed by atoms with Crippen LogP contribution in [-0.4, -0.2) is 43.0 Å². The van der Waals surface area contributed by atoms with Gasteiger partial charge in [-0.15, -0.1) is 0 Å². The van der Waals surface area contributed by atoms with Crippen molar-refractivity contribution in [3.63, 3.8) is 0 Å². The molecule has 1 saturated heterocycles. The number of amides is 2. The van der Waals surface area contributed by atoms with Crippen LogP contribution in [-0.2, 0) is 13.1 Å². The van der Waals surface area contributed by atoms with Crippen LogP contribution in [0.25, 0.3) is 0 Å². The lowest BCUT2D eigenvalue weighted by atomic mass is 10.00. The maximum Gasteiger partial charge on any atom is 0.317 e. The number of aryl methyl sites for hydroxylation is 1. The Balaban J connectivity index is 1.55. The van der Waals surface area contributed by atoms with Crippen molar-refractivity contribution >= 4 is 6.03 Å². The molecule has 0 aliphatic carbocycles. The van der Waals surface area contributed by atoms with E-state index in [4.69, 9.17) is 0 Å². The summed E-state index contributed by atoms with van der Waals surface area (Å²) in [4.78, 5) is 36.2. The number of hydrogen-bond donors (Lipinski definition) is 2. The van der Waals surface area contributed by atoms with Gasteiger partial charge in [0, 0.05) is 37.6 Å². The number of imidazole rings is 1. The number of carbonyl (C=O) groups excluding carboxylic acids is 1. The zero-order valence-corrected chi connectivity index (χ0v) is 13.5. The summed E-state index contributed by atoms with van der Waals surface area (Å²) in [6, 6.07) is 1.54. The number of urea groups is 1. The summed E-state index contributed by atoms with van der Waals surface area (Å²) in [5.74, 6) is 0. The Morgan fingerprint density at radius 2 is 2.33 bits per heavy atom. The summed E-state index contributed by atoms with van der Waals surface area (Å²) >= 11 is 0. The van der Waals surface area contributed by atoms with Crippen LogP contribution in [0, 0.1) is 0 Å². The summed E-state index contributed by atoms with van der Waals surface area (Å²) in [5.41, 5.74) is 0.338. The number of rotatable bonds is 5. The van der Waals surface area contributed by atoms with Gasteiger partial charge >= 0.3 is 6.03 Å². The van der Waals surface area contributed by atoms with E-state index in [1.54, 1.807) is 12.5 Å². The molecule has 3 heterocycles. The van der Waals surface area contributed by atoms with Crippen molar-refractivity contribution < 1.29 is 4.79 Å². The standard InChI is InChI=1S/C16H22N6O2/c23-15-9-13(19-11-20-15)10-18-16(24)22-6-2-1-3-14(22)4-7-21-8-5-17-12-21/h5,8-9,11-12,14H,1-4,6-7,10H2,(H,18,24)(H,19,20,23)/t14-/m1/s1. The summed E-state index contributed by atoms with van der Waals surface area (Å²) in [7, 11) is 0. The smallest absolute Gasteiger partial charge is 0.317 e. The molecule has 128 valence electrons. The van der Waals surface area contributed by atoms with E-state index in [0.717, 1.165) is 38.8 Å². The number of hydrogen-bond acceptors (Lipinski definition) is 4. The fourth-order valence-corrected chi connectivity index (χ4v) is 3.06. The molecule has 8 nitrogen and oxygen atoms in total. The zero-order valence-electron chi connectivity index (χ0n) is 13.5. The first-order valence-electron chi connectivity index (χ1n) is 8.26. The second-order valence-corrected chi connectivity index (χ2v) is 5.99. The predicted octanol–water partition coefficient (Wildman–Crippen LogP) is 1.12. The molecule has 2 aromatic rings. The fraction of sp³-hybridized carbons (Fsp3) is 0.500. The molecule has 0 aromatic carbocycles. The summed E-state index contributed by atoms with van der Waals surface area (Å²) in [6.45, 7) is 1.88. The van der Waals surface area contributed by atoms with E-state index >= 15 is 0 Å². The number of likely N-dealkylation sites (tertiary alicyclic amines) is 1. The van der Waals surface area contributed by atoms with Gasteiger partial charge in [0.2, 0.25) is 0 Å². The molecule has 0 spiro atoms. The van der Waals surface area contributed by atoms with Gasteiger partial charge in [-0.2, -0.15) is 0 Å². The van der Waals surface area contributed by atoms with Crippen LogP contribution >= 0.6 is 0 Å². The van der Waals surface area contributed by atoms with Crippen LogP contribution < -0.4 is 10.9 Å². The molecule has 1 atom stereocenters. The largest absolute Gasteiger partial charge is 0.337 e. The Labute approximate surface area is 139 Å². The van der Waals surface area contributed by atoms with E-state index in [9.17, 15) is 9.59 Å². The van der Waals surface area contributed by atoms with Crippen molar-refractivity contribution in [3.8, 4) is 0 Å². The normalized spacial score (nSPS) is 17.7. The van der Waals surface area contributed by atoms with Gasteiger partial charge in [-0.25, -0.2) is 14.8 Å². The van der Waals surface area contributed by atoms with Crippen molar-refractivity contribution in [1.29, 1.82) is 0 Å². The van der Waals surface area contributed by atoms with E-state index in [0.29, 0.717) is 5.69 Å². The van der Waals surface area contributed by atoms with E-state index < -0.39 is 0 Å². The van der Waals surface area contributed by atoms with Gasteiger partial charge in [-0.1, -0.05) is 0 Å². The fourth-order valence-electron chi connectivity index (χ4n) is 3.06. The molecule has 2 aromatic heterocycles. The molecular weight excluding hydrogens is 308 g/mol. The Morgan fingerprint density at radius 3 is 3.12 bits per heavy atom. The number of carbonyl (C=O) groups is 1. The van der Waals surface area contributed by atoms with Gasteiger partial charge in [0.25, 0.3) is 5.56 Å². The Bertz CT molecular complexity index is 711. The minimum Gasteiger partial charge on any atom is -0.337 e. The third-order valence-electron chi connectivity index (χ3n) is 4.32. The van der Waals surface area contributed by atoms with Crippen LogP contribution in [0.1, 0.15) is 31.4 Å². The van der Waals surface area contributed by atoms with Crippen LogP contribution in [0.2, 0.25) is 0 Å². The van der Waals surface area contributed by atoms with Crippen molar-refractivity contribution in [2.45, 2.75) is 44.8 Å². The zero-order chi connectivity index (χ0) is 16.8. The Morgan fingerprint density at radius 1 is 1.42 bits per heavy atom. The van der Waals surface area contributed by atoms with Crippen molar-refractivity contribution in [2.75, 3.05) is 6.54 Å². The third-order valence-corrected chi connectivity index (χ3v) is 4.32. The number of aromatic nitrogens is 4. The van der Waals surface area contributed by atoms with Crippen molar-refractivity contribution in [2.24, 2.45) is 0 Å². The molecular formula is C16H22N6O2. The highest BCUT2D eigenvalue weighted by Gasteiger charge is 2.26. The van der Waals surface area contributed by atoms with Gasteiger partial charge in [0.15, 0.2) is 0 Å². The molecule has 2 amide bonds. The van der Waals surface area contributed by atoms with Crippen molar-refractivity contribution in [3.05, 3.63) is 47.2 Å². The molecule has 8 heteroatoms. The SMILES string of the molecule is O=C(NCc1cc(=O)[nH]cn1)N1CCCC[C@@H]1CCn1ccnc1. The van der Waals surface area contributed by atoms with Gasteiger partial charge in [0.05, 0.1) is 24.9 Å². The second-order valence-electron chi connectivity index (χ2n) is 5.99. The number of H-pyrrole nitrogens is 1. The quantitative estimate of drug-likeness (QED) is 0.859. The monoisotopic (exact) mass is 330 g/mol. The first kappa shape index (κ1) is 16.2. The average Bonchev–Trinajstić information content (AvgIpc) is 3.12. The van der Waals surface area contributed by atoms with E-state index in [1.165, 1.54) is 12.4 Å². The van der Waals surface area contributed by atoms with Crippen LogP contribution in [0.3, 0.4) is 0 Å². The highest BCUT2D eigenvalue weighted by atomic mass is 16.2. The summed E-state index contributed by atoms with van der Waals surface area (Å²) in [6.07, 6.45) is 10.9. The first-order chi connectivity index (χ1) is 11.7. The minimum absolute atomic E-state index is 0.0904. The maximum atomic E-state index is 12.5. The minimum atomic E-state index is -0.217. The highest BCUT2D eigenvalue weighted by Crippen LogP contribution is 2.20. The van der Waals surface area contributed by atoms with Crippen LogP contribution in [0.5, 0.6) is 0 Å². The average molecular weight is 330 g/mol. The number of piperidine rings is 1. The van der Waals surface area contributed by atoms with E-state index in [-0.39, 0.29) is 24.2 Å². The van der Waals surface area contributed by atoms with Gasteiger partial charge in [-0.3, -0.25) is 4.79 Å². The van der Waals surface area contributed by atoms with Crippen LogP contribution in [0.4, 0.5) is 4.79 Å². The molecule has 1 fully saturated rings. The second kappa shape index (κ2) is 7.76. The highest BCUT2D eigenvalue weighted by molar-refractivity contribution is 5.74. The molecule has 1 aliphatic heterocycles.